The smallest absolute Gasteiger partial charge is 0.400 e. The highest BCUT2D eigenvalue weighted by atomic mass is 32.2. The first kappa shape index (κ1) is 21.4. The Morgan fingerprint density at radius 3 is 2.57 bits per heavy atom. The number of carbonyl (C=O) groups excluding carboxylic acids is 2. The molecular weight excluding hydrogens is 397 g/mol. The number of thioether (sulfide) groups is 1. The fourth-order valence-electron chi connectivity index (χ4n) is 3.97. The van der Waals surface area contributed by atoms with Gasteiger partial charge >= 0.3 is 7.12 Å². The molecule has 2 heterocycles. The molecule has 1 aliphatic carbocycles. The van der Waals surface area contributed by atoms with Crippen LogP contribution in [-0.4, -0.2) is 40.0 Å². The lowest BCUT2D eigenvalue weighted by Crippen LogP contribution is -2.41. The molecule has 2 aliphatic rings. The number of fused-ring (bicyclic) bond motifs is 3. The van der Waals surface area contributed by atoms with Crippen LogP contribution in [0.4, 0.5) is 0 Å². The Bertz CT molecular complexity index is 1040. The Balaban J connectivity index is 1.72. The summed E-state index contributed by atoms with van der Waals surface area (Å²) in [6, 6.07) is 6.16. The molecule has 0 atom stereocenters. The molecule has 5 nitrogen and oxygen atoms in total. The van der Waals surface area contributed by atoms with Crippen molar-refractivity contribution in [1.82, 2.24) is 4.98 Å². The number of hydrogen-bond donors (Lipinski definition) is 1. The van der Waals surface area contributed by atoms with E-state index in [-0.39, 0.29) is 10.9 Å². The third-order valence-electron chi connectivity index (χ3n) is 6.39. The van der Waals surface area contributed by atoms with Gasteiger partial charge in [0, 0.05) is 30.0 Å². The minimum absolute atomic E-state index is 0.0612. The van der Waals surface area contributed by atoms with Gasteiger partial charge in [0.1, 0.15) is 0 Å². The number of H-pyrrole nitrogens is 1. The minimum Gasteiger partial charge on any atom is -0.400 e. The number of hydrogen-bond acceptors (Lipinski definition) is 5. The van der Waals surface area contributed by atoms with E-state index in [9.17, 15) is 9.59 Å². The predicted octanol–water partition coefficient (Wildman–Crippen LogP) is 4.98. The summed E-state index contributed by atoms with van der Waals surface area (Å²) in [7, 11) is -0.501. The van der Waals surface area contributed by atoms with E-state index in [0.717, 1.165) is 46.0 Å². The number of aromatic nitrogens is 1. The monoisotopic (exact) mass is 425 g/mol. The van der Waals surface area contributed by atoms with Crippen LogP contribution < -0.4 is 0 Å². The average Bonchev–Trinajstić information content (AvgIpc) is 3.13. The number of rotatable bonds is 4. The van der Waals surface area contributed by atoms with Crippen LogP contribution in [0, 0.1) is 0 Å². The Labute approximate surface area is 182 Å². The molecule has 4 rings (SSSR count). The van der Waals surface area contributed by atoms with Gasteiger partial charge in [0.2, 0.25) is 0 Å². The third-order valence-corrected chi connectivity index (χ3v) is 7.27. The van der Waals surface area contributed by atoms with Gasteiger partial charge in [-0.25, -0.2) is 0 Å². The van der Waals surface area contributed by atoms with Crippen LogP contribution in [0.3, 0.4) is 0 Å². The molecule has 0 unspecified atom stereocenters. The molecule has 158 valence electrons. The number of aromatic amines is 1. The maximum atomic E-state index is 12.3. The van der Waals surface area contributed by atoms with E-state index in [2.05, 4.69) is 17.1 Å². The summed E-state index contributed by atoms with van der Waals surface area (Å²) < 4.78 is 12.5. The van der Waals surface area contributed by atoms with Crippen LogP contribution >= 0.6 is 11.8 Å². The zero-order chi connectivity index (χ0) is 21.7. The van der Waals surface area contributed by atoms with Gasteiger partial charge < -0.3 is 14.3 Å². The molecule has 7 heteroatoms. The van der Waals surface area contributed by atoms with Crippen LogP contribution in [0.5, 0.6) is 0 Å². The summed E-state index contributed by atoms with van der Waals surface area (Å²) in [5.74, 6) is 0.703. The van der Waals surface area contributed by atoms with Crippen molar-refractivity contribution in [3.8, 4) is 0 Å². The fraction of sp³-hybridized carbons (Fsp3) is 0.478. The lowest BCUT2D eigenvalue weighted by atomic mass is 9.78. The molecule has 0 amide bonds. The van der Waals surface area contributed by atoms with Gasteiger partial charge in [-0.05, 0) is 69.3 Å². The van der Waals surface area contributed by atoms with Gasteiger partial charge in [0.25, 0.3) is 0 Å². The normalized spacial score (nSPS) is 20.6. The van der Waals surface area contributed by atoms with Crippen LogP contribution in [0.25, 0.3) is 17.0 Å². The summed E-state index contributed by atoms with van der Waals surface area (Å²) in [5, 5.41) is 1.16. The van der Waals surface area contributed by atoms with E-state index in [1.165, 1.54) is 11.8 Å². The zero-order valence-electron chi connectivity index (χ0n) is 18.3. The second-order valence-corrected chi connectivity index (χ2v) is 10.3. The average molecular weight is 425 g/mol. The standard InChI is InChI=1S/C23H28BNO4S/c1-14(26)30-13-16(24-28-22(2,3)23(4,5)29-24)11-15-9-10-19-18(12-15)17-7-6-8-20(27)21(17)25-19/h9-12,25H,6-8,13H2,1-5H3. The first-order valence-corrected chi connectivity index (χ1v) is 11.4. The van der Waals surface area contributed by atoms with Crippen molar-refractivity contribution in [3.05, 3.63) is 40.5 Å². The van der Waals surface area contributed by atoms with Gasteiger partial charge in [0.15, 0.2) is 10.9 Å². The quantitative estimate of drug-likeness (QED) is 0.700. The molecule has 1 aromatic heterocycles. The maximum absolute atomic E-state index is 12.3. The lowest BCUT2D eigenvalue weighted by molar-refractivity contribution is -0.109. The molecule has 30 heavy (non-hydrogen) atoms. The van der Waals surface area contributed by atoms with E-state index < -0.39 is 18.3 Å². The van der Waals surface area contributed by atoms with Crippen LogP contribution in [0.15, 0.2) is 23.7 Å². The number of carbonyl (C=O) groups is 2. The summed E-state index contributed by atoms with van der Waals surface area (Å²) >= 11 is 1.26. The molecule has 1 fully saturated rings. The SMILES string of the molecule is CC(=O)SCC(=Cc1ccc2[nH]c3c(c2c1)CCCC3=O)B1OC(C)(C)C(C)(C)O1. The predicted molar refractivity (Wildman–Crippen MR) is 123 cm³/mol. The van der Waals surface area contributed by atoms with Gasteiger partial charge in [-0.15, -0.1) is 0 Å². The highest BCUT2D eigenvalue weighted by Crippen LogP contribution is 2.39. The van der Waals surface area contributed by atoms with Crippen molar-refractivity contribution in [3.63, 3.8) is 0 Å². The zero-order valence-corrected chi connectivity index (χ0v) is 19.1. The topological polar surface area (TPSA) is 68.4 Å². The second kappa shape index (κ2) is 7.70. The largest absolute Gasteiger partial charge is 0.491 e. The molecule has 0 bridgehead atoms. The molecule has 0 spiro atoms. The van der Waals surface area contributed by atoms with Crippen molar-refractivity contribution in [2.24, 2.45) is 0 Å². The van der Waals surface area contributed by atoms with Crippen molar-refractivity contribution in [1.29, 1.82) is 0 Å². The van der Waals surface area contributed by atoms with Crippen molar-refractivity contribution < 1.29 is 18.9 Å². The first-order chi connectivity index (χ1) is 14.1. The number of benzene rings is 1. The van der Waals surface area contributed by atoms with E-state index in [1.54, 1.807) is 6.92 Å². The van der Waals surface area contributed by atoms with Gasteiger partial charge in [-0.2, -0.15) is 0 Å². The van der Waals surface area contributed by atoms with Crippen molar-refractivity contribution in [2.45, 2.75) is 65.1 Å². The van der Waals surface area contributed by atoms with Crippen LogP contribution in [0.2, 0.25) is 0 Å². The number of nitrogens with one attached hydrogen (secondary N) is 1. The molecular formula is C23H28BNO4S. The molecule has 0 saturated carbocycles. The summed E-state index contributed by atoms with van der Waals surface area (Å²) in [6.07, 6.45) is 4.48. The molecule has 1 saturated heterocycles. The van der Waals surface area contributed by atoms with E-state index in [4.69, 9.17) is 9.31 Å². The first-order valence-electron chi connectivity index (χ1n) is 10.4. The maximum Gasteiger partial charge on any atom is 0.491 e. The van der Waals surface area contributed by atoms with Gasteiger partial charge in [0.05, 0.1) is 16.9 Å². The number of Topliss-reactive ketones (excluding diaryl/α,β-unsaturated/α-hetero) is 1. The molecule has 1 N–H and O–H groups in total. The van der Waals surface area contributed by atoms with Crippen molar-refractivity contribution in [2.75, 3.05) is 5.75 Å². The van der Waals surface area contributed by atoms with Crippen LogP contribution in [-0.2, 0) is 20.5 Å². The summed E-state index contributed by atoms with van der Waals surface area (Å²) in [5.41, 5.74) is 3.92. The molecule has 1 aliphatic heterocycles. The minimum atomic E-state index is -0.501. The van der Waals surface area contributed by atoms with Gasteiger partial charge in [-0.1, -0.05) is 23.9 Å². The number of aryl methyl sites for hydroxylation is 1. The van der Waals surface area contributed by atoms with E-state index in [1.807, 2.05) is 39.8 Å². The third kappa shape index (κ3) is 3.91. The lowest BCUT2D eigenvalue weighted by Gasteiger charge is -2.32. The molecule has 2 aromatic rings. The van der Waals surface area contributed by atoms with Crippen LogP contribution in [0.1, 0.15) is 69.1 Å². The Morgan fingerprint density at radius 1 is 1.20 bits per heavy atom. The number of ketones is 1. The Morgan fingerprint density at radius 2 is 1.90 bits per heavy atom. The molecule has 0 radical (unpaired) electrons. The van der Waals surface area contributed by atoms with E-state index >= 15 is 0 Å². The van der Waals surface area contributed by atoms with Gasteiger partial charge in [-0.3, -0.25) is 9.59 Å². The highest BCUT2D eigenvalue weighted by Gasteiger charge is 2.52. The summed E-state index contributed by atoms with van der Waals surface area (Å²) in [4.78, 5) is 27.2. The fourth-order valence-corrected chi connectivity index (χ4v) is 4.56. The summed E-state index contributed by atoms with van der Waals surface area (Å²) in [6.45, 7) is 9.67. The Kier molecular flexibility index (Phi) is 5.49. The second-order valence-electron chi connectivity index (χ2n) is 9.15. The Hall–Kier alpha value is -1.83. The highest BCUT2D eigenvalue weighted by molar-refractivity contribution is 8.13. The van der Waals surface area contributed by atoms with Crippen molar-refractivity contribution >= 4 is 46.8 Å². The molecule has 1 aromatic carbocycles. The van der Waals surface area contributed by atoms with E-state index in [0.29, 0.717) is 12.2 Å².